The summed E-state index contributed by atoms with van der Waals surface area (Å²) < 4.78 is -1.41. The Morgan fingerprint density at radius 2 is 1.79 bits per heavy atom. The summed E-state index contributed by atoms with van der Waals surface area (Å²) in [5, 5.41) is 0. The van der Waals surface area contributed by atoms with Gasteiger partial charge in [0.2, 0.25) is 0 Å². The molecule has 14 heavy (non-hydrogen) atoms. The lowest BCUT2D eigenvalue weighted by Crippen LogP contribution is -2.26. The van der Waals surface area contributed by atoms with Crippen LogP contribution in [0.2, 0.25) is 0 Å². The van der Waals surface area contributed by atoms with E-state index in [2.05, 4.69) is 0 Å². The van der Waals surface area contributed by atoms with Crippen LogP contribution in [0.4, 0.5) is 0 Å². The lowest BCUT2D eigenvalue weighted by molar-refractivity contribution is 0.0971. The van der Waals surface area contributed by atoms with Crippen molar-refractivity contribution in [1.82, 2.24) is 0 Å². The largest absolute Gasteiger partial charge is 0.291 e. The van der Waals surface area contributed by atoms with Crippen molar-refractivity contribution in [3.63, 3.8) is 0 Å². The van der Waals surface area contributed by atoms with Gasteiger partial charge in [-0.05, 0) is 0 Å². The fourth-order valence-corrected chi connectivity index (χ4v) is 1.92. The van der Waals surface area contributed by atoms with Gasteiger partial charge in [-0.15, -0.1) is 11.6 Å². The van der Waals surface area contributed by atoms with Crippen LogP contribution in [-0.4, -0.2) is 16.0 Å². The minimum absolute atomic E-state index is 0.241. The zero-order valence-electron chi connectivity index (χ0n) is 7.34. The van der Waals surface area contributed by atoms with Crippen molar-refractivity contribution < 1.29 is 4.79 Å². The number of rotatable bonds is 4. The molecule has 1 aromatic rings. The molecule has 0 N–H and O–H groups in total. The normalized spacial score (nSPS) is 11.4. The molecule has 0 bridgehead atoms. The van der Waals surface area contributed by atoms with Gasteiger partial charge in [-0.2, -0.15) is 0 Å². The van der Waals surface area contributed by atoms with Crippen LogP contribution >= 0.6 is 34.8 Å². The monoisotopic (exact) mass is 250 g/mol. The molecule has 0 unspecified atom stereocenters. The smallest absolute Gasteiger partial charge is 0.198 e. The Morgan fingerprint density at radius 3 is 2.29 bits per heavy atom. The number of benzene rings is 1. The lowest BCUT2D eigenvalue weighted by atomic mass is 10.1. The number of halogens is 3. The molecule has 0 atom stereocenters. The summed E-state index contributed by atoms with van der Waals surface area (Å²) in [4.78, 5) is 11.7. The third kappa shape index (κ3) is 2.88. The van der Waals surface area contributed by atoms with Crippen LogP contribution < -0.4 is 0 Å². The Bertz CT molecular complexity index is 308. The van der Waals surface area contributed by atoms with Crippen LogP contribution in [0.1, 0.15) is 16.8 Å². The fraction of sp³-hybridized carbons (Fsp3) is 0.300. The molecule has 76 valence electrons. The second kappa shape index (κ2) is 5.01. The number of carbonyl (C=O) groups is 1. The number of hydrogen-bond donors (Lipinski definition) is 0. The molecule has 0 aliphatic carbocycles. The molecule has 1 aromatic carbocycles. The van der Waals surface area contributed by atoms with E-state index in [0.29, 0.717) is 5.56 Å². The summed E-state index contributed by atoms with van der Waals surface area (Å²) in [6.07, 6.45) is 0.241. The Morgan fingerprint density at radius 1 is 1.21 bits per heavy atom. The van der Waals surface area contributed by atoms with Gasteiger partial charge in [0, 0.05) is 17.9 Å². The van der Waals surface area contributed by atoms with Gasteiger partial charge in [-0.1, -0.05) is 53.5 Å². The Balaban J connectivity index is 2.85. The van der Waals surface area contributed by atoms with Gasteiger partial charge in [0.05, 0.1) is 0 Å². The highest BCUT2D eigenvalue weighted by Crippen LogP contribution is 2.30. The maximum absolute atomic E-state index is 11.7. The van der Waals surface area contributed by atoms with E-state index in [0.717, 1.165) is 0 Å². The van der Waals surface area contributed by atoms with Crippen molar-refractivity contribution in [3.05, 3.63) is 35.9 Å². The lowest BCUT2D eigenvalue weighted by Gasteiger charge is -2.16. The molecule has 0 aromatic heterocycles. The van der Waals surface area contributed by atoms with Crippen LogP contribution in [0.5, 0.6) is 0 Å². The van der Waals surface area contributed by atoms with E-state index in [-0.39, 0.29) is 18.1 Å². The molecular formula is C10H9Cl3O. The first-order chi connectivity index (χ1) is 6.58. The molecule has 0 heterocycles. The number of hydrogen-bond acceptors (Lipinski definition) is 1. The zero-order chi connectivity index (χ0) is 10.6. The maximum Gasteiger partial charge on any atom is 0.198 e. The van der Waals surface area contributed by atoms with E-state index in [1.165, 1.54) is 0 Å². The highest BCUT2D eigenvalue weighted by atomic mass is 35.5. The van der Waals surface area contributed by atoms with Crippen LogP contribution in [0.3, 0.4) is 0 Å². The van der Waals surface area contributed by atoms with Crippen molar-refractivity contribution in [2.45, 2.75) is 10.8 Å². The zero-order valence-corrected chi connectivity index (χ0v) is 9.61. The van der Waals surface area contributed by atoms with Crippen LogP contribution in [0, 0.1) is 0 Å². The molecular weight excluding hydrogens is 242 g/mol. The van der Waals surface area contributed by atoms with Crippen LogP contribution in [0.25, 0.3) is 0 Å². The highest BCUT2D eigenvalue weighted by molar-refractivity contribution is 6.60. The van der Waals surface area contributed by atoms with Gasteiger partial charge in [0.25, 0.3) is 0 Å². The van der Waals surface area contributed by atoms with Crippen LogP contribution in [-0.2, 0) is 0 Å². The molecule has 0 amide bonds. The Kier molecular flexibility index (Phi) is 4.24. The van der Waals surface area contributed by atoms with Gasteiger partial charge in [-0.25, -0.2) is 0 Å². The molecule has 0 aliphatic heterocycles. The van der Waals surface area contributed by atoms with E-state index in [9.17, 15) is 4.79 Å². The minimum atomic E-state index is -1.41. The second-order valence-electron chi connectivity index (χ2n) is 2.84. The van der Waals surface area contributed by atoms with Gasteiger partial charge in [0.1, 0.15) is 0 Å². The number of alkyl halides is 3. The number of Topliss-reactive ketones (excluding diaryl/α,β-unsaturated/α-hetero) is 1. The first kappa shape index (κ1) is 11.8. The highest BCUT2D eigenvalue weighted by Gasteiger charge is 2.33. The summed E-state index contributed by atoms with van der Waals surface area (Å²) >= 11 is 17.2. The third-order valence-electron chi connectivity index (χ3n) is 1.78. The molecule has 0 spiro atoms. The molecule has 0 radical (unpaired) electrons. The van der Waals surface area contributed by atoms with Crippen molar-refractivity contribution >= 4 is 40.6 Å². The average molecular weight is 252 g/mol. The standard InChI is InChI=1S/C10H9Cl3O/c11-7-6-10(12,13)9(14)8-4-2-1-3-5-8/h1-5H,6-7H2. The molecule has 4 heteroatoms. The average Bonchev–Trinajstić information content (AvgIpc) is 2.18. The maximum atomic E-state index is 11.7. The van der Waals surface area contributed by atoms with Gasteiger partial charge < -0.3 is 0 Å². The predicted octanol–water partition coefficient (Wildman–Crippen LogP) is 3.67. The summed E-state index contributed by atoms with van der Waals surface area (Å²) in [7, 11) is 0. The number of ketones is 1. The molecule has 1 nitrogen and oxygen atoms in total. The predicted molar refractivity (Wildman–Crippen MR) is 60.5 cm³/mol. The Hall–Kier alpha value is -0.240. The fourth-order valence-electron chi connectivity index (χ4n) is 1.03. The summed E-state index contributed by atoms with van der Waals surface area (Å²) in [5.41, 5.74) is 0.502. The summed E-state index contributed by atoms with van der Waals surface area (Å²) in [5.74, 6) is -0.0481. The summed E-state index contributed by atoms with van der Waals surface area (Å²) in [6.45, 7) is 0. The van der Waals surface area contributed by atoms with Crippen molar-refractivity contribution in [1.29, 1.82) is 0 Å². The molecule has 0 aliphatic rings. The first-order valence-corrected chi connectivity index (χ1v) is 5.40. The molecule has 0 fully saturated rings. The van der Waals surface area contributed by atoms with Gasteiger partial charge in [0.15, 0.2) is 10.1 Å². The minimum Gasteiger partial charge on any atom is -0.291 e. The van der Waals surface area contributed by atoms with Crippen molar-refractivity contribution in [3.8, 4) is 0 Å². The molecule has 0 saturated heterocycles. The topological polar surface area (TPSA) is 17.1 Å². The van der Waals surface area contributed by atoms with E-state index < -0.39 is 4.33 Å². The SMILES string of the molecule is O=C(c1ccccc1)C(Cl)(Cl)CCCl. The second-order valence-corrected chi connectivity index (χ2v) is 4.70. The van der Waals surface area contributed by atoms with E-state index >= 15 is 0 Å². The van der Waals surface area contributed by atoms with E-state index in [4.69, 9.17) is 34.8 Å². The third-order valence-corrected chi connectivity index (χ3v) is 2.69. The van der Waals surface area contributed by atoms with E-state index in [1.54, 1.807) is 24.3 Å². The quantitative estimate of drug-likeness (QED) is 0.589. The number of carbonyl (C=O) groups excluding carboxylic acids is 1. The molecule has 0 saturated carbocycles. The van der Waals surface area contributed by atoms with Crippen molar-refractivity contribution in [2.24, 2.45) is 0 Å². The van der Waals surface area contributed by atoms with Gasteiger partial charge >= 0.3 is 0 Å². The van der Waals surface area contributed by atoms with Gasteiger partial charge in [-0.3, -0.25) is 4.79 Å². The first-order valence-electron chi connectivity index (χ1n) is 4.11. The summed E-state index contributed by atoms with van der Waals surface area (Å²) in [6, 6.07) is 8.70. The van der Waals surface area contributed by atoms with E-state index in [1.807, 2.05) is 6.07 Å². The molecule has 1 rings (SSSR count). The Labute approximate surface area is 98.0 Å². The van der Waals surface area contributed by atoms with Crippen molar-refractivity contribution in [2.75, 3.05) is 5.88 Å². The van der Waals surface area contributed by atoms with Crippen LogP contribution in [0.15, 0.2) is 30.3 Å².